The van der Waals surface area contributed by atoms with Gasteiger partial charge in [-0.2, -0.15) is 0 Å². The summed E-state index contributed by atoms with van der Waals surface area (Å²) in [6.07, 6.45) is 0.593. The molecule has 0 bridgehead atoms. The number of carbonyl (C=O) groups is 2. The molecule has 2 N–H and O–H groups in total. The summed E-state index contributed by atoms with van der Waals surface area (Å²) in [4.78, 5) is 21.8. The van der Waals surface area contributed by atoms with E-state index in [0.29, 0.717) is 6.42 Å². The molecule has 0 aliphatic heterocycles. The number of nitrogens with one attached hydrogen (secondary N) is 1. The van der Waals surface area contributed by atoms with Crippen LogP contribution in [-0.4, -0.2) is 36.2 Å². The smallest absolute Gasteiger partial charge is 0.323 e. The van der Waals surface area contributed by atoms with E-state index in [4.69, 9.17) is 5.11 Å². The van der Waals surface area contributed by atoms with E-state index < -0.39 is 5.97 Å². The Bertz CT molecular complexity index is 240. The van der Waals surface area contributed by atoms with Crippen molar-refractivity contribution in [2.45, 2.75) is 45.7 Å². The average Bonchev–Trinajstić information content (AvgIpc) is 2.21. The van der Waals surface area contributed by atoms with Crippen LogP contribution in [0, 0.1) is 5.92 Å². The summed E-state index contributed by atoms with van der Waals surface area (Å²) in [5.41, 5.74) is 0. The van der Waals surface area contributed by atoms with Crippen LogP contribution in [0.2, 0.25) is 0 Å². The van der Waals surface area contributed by atoms with Crippen molar-refractivity contribution < 1.29 is 19.4 Å². The number of esters is 1. The zero-order valence-electron chi connectivity index (χ0n) is 10.3. The van der Waals surface area contributed by atoms with E-state index in [2.05, 4.69) is 10.1 Å². The van der Waals surface area contributed by atoms with Crippen molar-refractivity contribution in [1.29, 1.82) is 0 Å². The lowest BCUT2D eigenvalue weighted by Gasteiger charge is -2.23. The molecule has 2 atom stereocenters. The molecule has 16 heavy (non-hydrogen) atoms. The fraction of sp³-hybridized carbons (Fsp3) is 0.818. The lowest BCUT2D eigenvalue weighted by molar-refractivity contribution is -0.144. The molecule has 0 radical (unpaired) electrons. The van der Waals surface area contributed by atoms with Gasteiger partial charge in [0, 0.05) is 12.5 Å². The van der Waals surface area contributed by atoms with Crippen LogP contribution in [0.1, 0.15) is 33.6 Å². The number of rotatable bonds is 7. The highest BCUT2D eigenvalue weighted by Crippen LogP contribution is 2.07. The number of aliphatic carboxylic acids is 1. The van der Waals surface area contributed by atoms with Gasteiger partial charge >= 0.3 is 11.9 Å². The van der Waals surface area contributed by atoms with E-state index >= 15 is 0 Å². The third-order valence-electron chi connectivity index (χ3n) is 2.38. The van der Waals surface area contributed by atoms with E-state index in [1.807, 2.05) is 20.8 Å². The normalized spacial score (nSPS) is 14.6. The first-order valence-corrected chi connectivity index (χ1v) is 5.44. The Morgan fingerprint density at radius 2 is 1.88 bits per heavy atom. The van der Waals surface area contributed by atoms with Gasteiger partial charge in [0.1, 0.15) is 6.04 Å². The van der Waals surface area contributed by atoms with Gasteiger partial charge in [0.2, 0.25) is 0 Å². The van der Waals surface area contributed by atoms with Gasteiger partial charge in [0.25, 0.3) is 0 Å². The number of ether oxygens (including phenoxy) is 1. The monoisotopic (exact) mass is 231 g/mol. The van der Waals surface area contributed by atoms with Crippen molar-refractivity contribution in [3.05, 3.63) is 0 Å². The van der Waals surface area contributed by atoms with Crippen LogP contribution in [0.3, 0.4) is 0 Å². The highest BCUT2D eigenvalue weighted by atomic mass is 16.5. The lowest BCUT2D eigenvalue weighted by atomic mass is 10.0. The number of carboxylic acid groups (broad SMARTS) is 1. The van der Waals surface area contributed by atoms with Crippen LogP contribution in [0.4, 0.5) is 0 Å². The Hall–Kier alpha value is -1.10. The molecule has 5 nitrogen and oxygen atoms in total. The summed E-state index contributed by atoms with van der Waals surface area (Å²) >= 11 is 0. The molecule has 0 aromatic heterocycles. The van der Waals surface area contributed by atoms with Gasteiger partial charge in [-0.3, -0.25) is 9.59 Å². The highest BCUT2D eigenvalue weighted by molar-refractivity contribution is 5.76. The molecule has 0 amide bonds. The van der Waals surface area contributed by atoms with Crippen molar-refractivity contribution >= 4 is 11.9 Å². The number of carbonyl (C=O) groups excluding carboxylic acids is 1. The third kappa shape index (κ3) is 5.70. The zero-order chi connectivity index (χ0) is 12.7. The van der Waals surface area contributed by atoms with Gasteiger partial charge in [0.05, 0.1) is 7.11 Å². The second-order valence-electron chi connectivity index (χ2n) is 4.24. The fourth-order valence-electron chi connectivity index (χ4n) is 1.39. The molecule has 2 unspecified atom stereocenters. The summed E-state index contributed by atoms with van der Waals surface area (Å²) in [6.45, 7) is 5.69. The molecule has 94 valence electrons. The first kappa shape index (κ1) is 14.9. The minimum Gasteiger partial charge on any atom is -0.481 e. The van der Waals surface area contributed by atoms with Crippen LogP contribution < -0.4 is 5.32 Å². The maximum Gasteiger partial charge on any atom is 0.323 e. The van der Waals surface area contributed by atoms with Gasteiger partial charge in [-0.1, -0.05) is 13.8 Å². The Kier molecular flexibility index (Phi) is 6.72. The predicted octanol–water partition coefficient (Wildman–Crippen LogP) is 1.03. The van der Waals surface area contributed by atoms with Crippen LogP contribution in [-0.2, 0) is 14.3 Å². The van der Waals surface area contributed by atoms with Crippen molar-refractivity contribution in [2.24, 2.45) is 5.92 Å². The van der Waals surface area contributed by atoms with Crippen LogP contribution in [0.15, 0.2) is 0 Å². The first-order valence-electron chi connectivity index (χ1n) is 5.44. The van der Waals surface area contributed by atoms with Gasteiger partial charge in [-0.25, -0.2) is 0 Å². The number of methoxy groups -OCH3 is 1. The number of hydrogen-bond donors (Lipinski definition) is 2. The second-order valence-corrected chi connectivity index (χ2v) is 4.24. The standard InChI is InChI=1S/C11H21NO4/c1-7(2)10(11(15)16-4)12-8(3)5-6-9(13)14/h7-8,10,12H,5-6H2,1-4H3,(H,13,14). The van der Waals surface area contributed by atoms with Gasteiger partial charge in [0.15, 0.2) is 0 Å². The molecule has 0 saturated carbocycles. The largest absolute Gasteiger partial charge is 0.481 e. The predicted molar refractivity (Wildman–Crippen MR) is 60.1 cm³/mol. The molecular weight excluding hydrogens is 210 g/mol. The van der Waals surface area contributed by atoms with E-state index in [0.717, 1.165) is 0 Å². The molecular formula is C11H21NO4. The Balaban J connectivity index is 4.18. The Morgan fingerprint density at radius 3 is 2.25 bits per heavy atom. The Morgan fingerprint density at radius 1 is 1.31 bits per heavy atom. The summed E-state index contributed by atoms with van der Waals surface area (Å²) in [5, 5.41) is 11.6. The van der Waals surface area contributed by atoms with Crippen LogP contribution in [0.5, 0.6) is 0 Å². The quantitative estimate of drug-likeness (QED) is 0.640. The van der Waals surface area contributed by atoms with E-state index in [1.165, 1.54) is 7.11 Å². The SMILES string of the molecule is COC(=O)C(NC(C)CCC(=O)O)C(C)C. The lowest BCUT2D eigenvalue weighted by Crippen LogP contribution is -2.46. The van der Waals surface area contributed by atoms with Crippen molar-refractivity contribution in [3.63, 3.8) is 0 Å². The van der Waals surface area contributed by atoms with E-state index in [-0.39, 0.29) is 30.4 Å². The molecule has 5 heteroatoms. The molecule has 0 aliphatic carbocycles. The van der Waals surface area contributed by atoms with Crippen molar-refractivity contribution in [1.82, 2.24) is 5.32 Å². The molecule has 0 rings (SSSR count). The molecule has 0 saturated heterocycles. The fourth-order valence-corrected chi connectivity index (χ4v) is 1.39. The second kappa shape index (κ2) is 7.22. The van der Waals surface area contributed by atoms with Gasteiger partial charge in [-0.05, 0) is 19.3 Å². The molecule has 0 aromatic rings. The van der Waals surface area contributed by atoms with Crippen molar-refractivity contribution in [2.75, 3.05) is 7.11 Å². The molecule has 0 fully saturated rings. The minimum atomic E-state index is -0.826. The summed E-state index contributed by atoms with van der Waals surface area (Å²) in [7, 11) is 1.35. The van der Waals surface area contributed by atoms with E-state index in [9.17, 15) is 9.59 Å². The molecule has 0 heterocycles. The van der Waals surface area contributed by atoms with Gasteiger partial charge < -0.3 is 15.2 Å². The van der Waals surface area contributed by atoms with Crippen LogP contribution >= 0.6 is 0 Å². The molecule has 0 aromatic carbocycles. The Labute approximate surface area is 96.2 Å². The maximum atomic E-state index is 11.4. The van der Waals surface area contributed by atoms with Gasteiger partial charge in [-0.15, -0.1) is 0 Å². The third-order valence-corrected chi connectivity index (χ3v) is 2.38. The number of hydrogen-bond acceptors (Lipinski definition) is 4. The average molecular weight is 231 g/mol. The van der Waals surface area contributed by atoms with Crippen molar-refractivity contribution in [3.8, 4) is 0 Å². The highest BCUT2D eigenvalue weighted by Gasteiger charge is 2.24. The summed E-state index contributed by atoms with van der Waals surface area (Å²) in [5.74, 6) is -1.02. The zero-order valence-corrected chi connectivity index (χ0v) is 10.3. The topological polar surface area (TPSA) is 75.6 Å². The molecule has 0 spiro atoms. The first-order chi connectivity index (χ1) is 7.38. The van der Waals surface area contributed by atoms with E-state index in [1.54, 1.807) is 0 Å². The number of carboxylic acids is 1. The molecule has 0 aliphatic rings. The minimum absolute atomic E-state index is 0.0254. The maximum absolute atomic E-state index is 11.4. The van der Waals surface area contributed by atoms with Crippen LogP contribution in [0.25, 0.3) is 0 Å². The summed E-state index contributed by atoms with van der Waals surface area (Å²) < 4.78 is 4.68. The summed E-state index contributed by atoms with van der Waals surface area (Å²) in [6, 6.07) is -0.406.